The second kappa shape index (κ2) is 5.05. The minimum Gasteiger partial charge on any atom is -0.321 e. The SMILES string of the molecule is O=C(Nc1cccc2[nH]ncc12)c1cccc(F)c1Br. The number of nitrogens with zero attached hydrogens (tertiary/aromatic N) is 1. The number of hydrogen-bond donors (Lipinski definition) is 2. The molecule has 0 saturated carbocycles. The van der Waals surface area contributed by atoms with Crippen LogP contribution >= 0.6 is 15.9 Å². The molecule has 3 rings (SSSR count). The summed E-state index contributed by atoms with van der Waals surface area (Å²) in [7, 11) is 0. The first-order chi connectivity index (χ1) is 9.66. The topological polar surface area (TPSA) is 57.8 Å². The van der Waals surface area contributed by atoms with Crippen LogP contribution in [0.5, 0.6) is 0 Å². The average Bonchev–Trinajstić information content (AvgIpc) is 2.91. The number of halogens is 2. The first kappa shape index (κ1) is 12.8. The zero-order valence-electron chi connectivity index (χ0n) is 10.2. The van der Waals surface area contributed by atoms with Crippen molar-refractivity contribution in [1.82, 2.24) is 10.2 Å². The first-order valence-corrected chi connectivity index (χ1v) is 6.63. The predicted octanol–water partition coefficient (Wildman–Crippen LogP) is 3.72. The Morgan fingerprint density at radius 2 is 2.05 bits per heavy atom. The summed E-state index contributed by atoms with van der Waals surface area (Å²) in [4.78, 5) is 12.2. The molecule has 1 amide bonds. The summed E-state index contributed by atoms with van der Waals surface area (Å²) < 4.78 is 13.6. The molecule has 0 aliphatic rings. The smallest absolute Gasteiger partial charge is 0.256 e. The van der Waals surface area contributed by atoms with Crippen molar-refractivity contribution in [3.05, 3.63) is 58.4 Å². The Labute approximate surface area is 122 Å². The summed E-state index contributed by atoms with van der Waals surface area (Å²) in [6.45, 7) is 0. The number of nitrogens with one attached hydrogen (secondary N) is 2. The Kier molecular flexibility index (Phi) is 3.23. The van der Waals surface area contributed by atoms with Crippen LogP contribution in [0.15, 0.2) is 47.1 Å². The molecule has 0 atom stereocenters. The Morgan fingerprint density at radius 3 is 2.90 bits per heavy atom. The summed E-state index contributed by atoms with van der Waals surface area (Å²) in [5.74, 6) is -0.857. The van der Waals surface area contributed by atoms with Crippen LogP contribution in [0.4, 0.5) is 10.1 Å². The van der Waals surface area contributed by atoms with Crippen molar-refractivity contribution in [2.75, 3.05) is 5.32 Å². The number of H-pyrrole nitrogens is 1. The molecule has 100 valence electrons. The van der Waals surface area contributed by atoms with E-state index in [1.807, 2.05) is 6.07 Å². The van der Waals surface area contributed by atoms with Crippen molar-refractivity contribution >= 4 is 38.4 Å². The molecular formula is C14H9BrFN3O. The fourth-order valence-electron chi connectivity index (χ4n) is 1.95. The Hall–Kier alpha value is -2.21. The molecule has 0 unspecified atom stereocenters. The largest absolute Gasteiger partial charge is 0.321 e. The molecule has 2 N–H and O–H groups in total. The molecular weight excluding hydrogens is 325 g/mol. The highest BCUT2D eigenvalue weighted by Gasteiger charge is 2.14. The Balaban J connectivity index is 1.97. The van der Waals surface area contributed by atoms with Gasteiger partial charge in [-0.2, -0.15) is 5.10 Å². The predicted molar refractivity (Wildman–Crippen MR) is 78.1 cm³/mol. The standard InChI is InChI=1S/C14H9BrFN3O/c15-13-8(3-1-4-10(13)16)14(20)18-11-5-2-6-12-9(11)7-17-19-12/h1-7H,(H,17,19)(H,18,20). The molecule has 0 bridgehead atoms. The zero-order valence-corrected chi connectivity index (χ0v) is 11.7. The lowest BCUT2D eigenvalue weighted by atomic mass is 10.2. The highest BCUT2D eigenvalue weighted by Crippen LogP contribution is 2.24. The van der Waals surface area contributed by atoms with Gasteiger partial charge in [0.25, 0.3) is 5.91 Å². The van der Waals surface area contributed by atoms with Gasteiger partial charge in [-0.3, -0.25) is 9.89 Å². The number of rotatable bonds is 2. The molecule has 1 aromatic heterocycles. The van der Waals surface area contributed by atoms with Gasteiger partial charge in [-0.1, -0.05) is 12.1 Å². The first-order valence-electron chi connectivity index (χ1n) is 5.84. The number of aromatic amines is 1. The lowest BCUT2D eigenvalue weighted by Gasteiger charge is -2.08. The third kappa shape index (κ3) is 2.18. The fraction of sp³-hybridized carbons (Fsp3) is 0. The second-order valence-electron chi connectivity index (χ2n) is 4.19. The molecule has 0 radical (unpaired) electrons. The number of amides is 1. The van der Waals surface area contributed by atoms with E-state index in [0.29, 0.717) is 5.69 Å². The van der Waals surface area contributed by atoms with Gasteiger partial charge in [0.2, 0.25) is 0 Å². The molecule has 0 spiro atoms. The van der Waals surface area contributed by atoms with Crippen LogP contribution in [0.1, 0.15) is 10.4 Å². The van der Waals surface area contributed by atoms with Crippen LogP contribution in [-0.2, 0) is 0 Å². The van der Waals surface area contributed by atoms with Crippen LogP contribution in [0.25, 0.3) is 10.9 Å². The minimum atomic E-state index is -0.473. The van der Waals surface area contributed by atoms with Gasteiger partial charge < -0.3 is 5.32 Å². The van der Waals surface area contributed by atoms with Gasteiger partial charge in [0, 0.05) is 5.39 Å². The van der Waals surface area contributed by atoms with E-state index in [2.05, 4.69) is 31.4 Å². The quantitative estimate of drug-likeness (QED) is 0.750. The summed E-state index contributed by atoms with van der Waals surface area (Å²) in [6, 6.07) is 9.76. The van der Waals surface area contributed by atoms with Crippen molar-refractivity contribution in [1.29, 1.82) is 0 Å². The lowest BCUT2D eigenvalue weighted by Crippen LogP contribution is -2.13. The van der Waals surface area contributed by atoms with E-state index in [4.69, 9.17) is 0 Å². The summed E-state index contributed by atoms with van der Waals surface area (Å²) >= 11 is 3.08. The van der Waals surface area contributed by atoms with E-state index >= 15 is 0 Å². The molecule has 2 aromatic carbocycles. The van der Waals surface area contributed by atoms with E-state index in [0.717, 1.165) is 10.9 Å². The van der Waals surface area contributed by atoms with Crippen molar-refractivity contribution in [2.45, 2.75) is 0 Å². The molecule has 4 nitrogen and oxygen atoms in total. The molecule has 0 aliphatic carbocycles. The number of hydrogen-bond acceptors (Lipinski definition) is 2. The second-order valence-corrected chi connectivity index (χ2v) is 4.99. The van der Waals surface area contributed by atoms with E-state index < -0.39 is 5.82 Å². The highest BCUT2D eigenvalue weighted by atomic mass is 79.9. The van der Waals surface area contributed by atoms with Crippen LogP contribution in [0, 0.1) is 5.82 Å². The minimum absolute atomic E-state index is 0.150. The maximum absolute atomic E-state index is 13.4. The van der Waals surface area contributed by atoms with Gasteiger partial charge in [0.1, 0.15) is 5.82 Å². The van der Waals surface area contributed by atoms with E-state index in [-0.39, 0.29) is 15.9 Å². The number of benzene rings is 2. The molecule has 20 heavy (non-hydrogen) atoms. The molecule has 0 saturated heterocycles. The Morgan fingerprint density at radius 1 is 1.25 bits per heavy atom. The third-order valence-corrected chi connectivity index (χ3v) is 3.74. The van der Waals surface area contributed by atoms with E-state index in [9.17, 15) is 9.18 Å². The molecule has 3 aromatic rings. The van der Waals surface area contributed by atoms with E-state index in [1.54, 1.807) is 24.4 Å². The fourth-order valence-corrected chi connectivity index (χ4v) is 2.39. The summed E-state index contributed by atoms with van der Waals surface area (Å²) in [5.41, 5.74) is 1.68. The molecule has 6 heteroatoms. The zero-order chi connectivity index (χ0) is 14.1. The molecule has 0 aliphatic heterocycles. The third-order valence-electron chi connectivity index (χ3n) is 2.93. The number of carbonyl (C=O) groups excluding carboxylic acids is 1. The maximum Gasteiger partial charge on any atom is 0.256 e. The lowest BCUT2D eigenvalue weighted by molar-refractivity contribution is 0.102. The van der Waals surface area contributed by atoms with Gasteiger partial charge >= 0.3 is 0 Å². The number of anilines is 1. The van der Waals surface area contributed by atoms with Crippen LogP contribution in [0.3, 0.4) is 0 Å². The molecule has 0 fully saturated rings. The molecule has 1 heterocycles. The van der Waals surface area contributed by atoms with Crippen molar-refractivity contribution in [3.63, 3.8) is 0 Å². The van der Waals surface area contributed by atoms with Gasteiger partial charge in [0.05, 0.1) is 27.4 Å². The van der Waals surface area contributed by atoms with Crippen LogP contribution in [0.2, 0.25) is 0 Å². The number of fused-ring (bicyclic) bond motifs is 1. The Bertz CT molecular complexity index is 800. The van der Waals surface area contributed by atoms with Crippen LogP contribution in [-0.4, -0.2) is 16.1 Å². The van der Waals surface area contributed by atoms with Gasteiger partial charge in [-0.15, -0.1) is 0 Å². The van der Waals surface area contributed by atoms with Gasteiger partial charge in [0.15, 0.2) is 0 Å². The highest BCUT2D eigenvalue weighted by molar-refractivity contribution is 9.10. The van der Waals surface area contributed by atoms with Crippen molar-refractivity contribution in [3.8, 4) is 0 Å². The number of aromatic nitrogens is 2. The van der Waals surface area contributed by atoms with Gasteiger partial charge in [-0.25, -0.2) is 4.39 Å². The van der Waals surface area contributed by atoms with Crippen molar-refractivity contribution < 1.29 is 9.18 Å². The maximum atomic E-state index is 13.4. The van der Waals surface area contributed by atoms with Crippen molar-refractivity contribution in [2.24, 2.45) is 0 Å². The number of carbonyl (C=O) groups is 1. The summed E-state index contributed by atoms with van der Waals surface area (Å²) in [5, 5.41) is 10.3. The van der Waals surface area contributed by atoms with Gasteiger partial charge in [-0.05, 0) is 40.2 Å². The summed E-state index contributed by atoms with van der Waals surface area (Å²) in [6.07, 6.45) is 1.63. The average molecular weight is 334 g/mol. The monoisotopic (exact) mass is 333 g/mol. The van der Waals surface area contributed by atoms with E-state index in [1.165, 1.54) is 12.1 Å². The normalized spacial score (nSPS) is 10.7. The van der Waals surface area contributed by atoms with Crippen LogP contribution < -0.4 is 5.32 Å².